The summed E-state index contributed by atoms with van der Waals surface area (Å²) in [5, 5.41) is 14.3. The number of nitrogens with one attached hydrogen (secondary N) is 1. The van der Waals surface area contributed by atoms with Gasteiger partial charge < -0.3 is 20.1 Å². The molecule has 2 aromatic rings. The number of benzene rings is 2. The van der Waals surface area contributed by atoms with Crippen molar-refractivity contribution in [3.63, 3.8) is 0 Å². The number of carbonyl (C=O) groups excluding carboxylic acids is 1. The second-order valence-electron chi connectivity index (χ2n) is 6.75. The first kappa shape index (κ1) is 17.2. The first-order valence-corrected chi connectivity index (χ1v) is 9.26. The lowest BCUT2D eigenvalue weighted by Crippen LogP contribution is -2.44. The summed E-state index contributed by atoms with van der Waals surface area (Å²) in [6.07, 6.45) is 1.90. The van der Waals surface area contributed by atoms with Gasteiger partial charge >= 0.3 is 0 Å². The maximum absolute atomic E-state index is 12.8. The number of rotatable bonds is 2. The predicted octanol–water partition coefficient (Wildman–Crippen LogP) is 3.19. The molecule has 0 aliphatic carbocycles. The maximum atomic E-state index is 12.8. The Balaban J connectivity index is 1.66. The van der Waals surface area contributed by atoms with E-state index in [-0.39, 0.29) is 17.7 Å². The minimum Gasteiger partial charge on any atom is -0.504 e. The van der Waals surface area contributed by atoms with Crippen molar-refractivity contribution in [2.45, 2.75) is 25.4 Å². The molecule has 0 saturated carbocycles. The van der Waals surface area contributed by atoms with Gasteiger partial charge in [0.25, 0.3) is 0 Å². The highest BCUT2D eigenvalue weighted by Crippen LogP contribution is 2.38. The molecular weight excluding hydrogens is 352 g/mol. The molecule has 1 fully saturated rings. The smallest absolute Gasteiger partial charge is 0.240 e. The number of halogens is 1. The van der Waals surface area contributed by atoms with E-state index >= 15 is 0 Å². The van der Waals surface area contributed by atoms with Gasteiger partial charge in [0.2, 0.25) is 5.91 Å². The van der Waals surface area contributed by atoms with Crippen molar-refractivity contribution in [1.29, 1.82) is 0 Å². The Morgan fingerprint density at radius 2 is 2.15 bits per heavy atom. The molecule has 0 bridgehead atoms. The molecule has 136 valence electrons. The average molecular weight is 373 g/mol. The van der Waals surface area contributed by atoms with Crippen LogP contribution in [0.5, 0.6) is 11.5 Å². The lowest BCUT2D eigenvalue weighted by Gasteiger charge is -2.23. The Bertz CT molecular complexity index is 834. The summed E-state index contributed by atoms with van der Waals surface area (Å²) in [5.41, 5.74) is 2.57. The van der Waals surface area contributed by atoms with Crippen LogP contribution in [-0.4, -0.2) is 41.7 Å². The van der Waals surface area contributed by atoms with Gasteiger partial charge in [-0.1, -0.05) is 23.7 Å². The largest absolute Gasteiger partial charge is 0.504 e. The fraction of sp³-hybridized carbons (Fsp3) is 0.350. The molecule has 6 heteroatoms. The molecule has 4 rings (SSSR count). The van der Waals surface area contributed by atoms with Crippen LogP contribution in [0, 0.1) is 0 Å². The SMILES string of the molecule is O=C([C@H]1CCCN1)N1CCOc2c(O)cc(-c3cccc(Cl)c3)cc2C1. The molecule has 2 aliphatic heterocycles. The molecule has 0 radical (unpaired) electrons. The lowest BCUT2D eigenvalue weighted by atomic mass is 10.0. The Morgan fingerprint density at radius 1 is 1.27 bits per heavy atom. The molecule has 1 atom stereocenters. The van der Waals surface area contributed by atoms with E-state index in [0.717, 1.165) is 36.1 Å². The third-order valence-corrected chi connectivity index (χ3v) is 5.18. The number of fused-ring (bicyclic) bond motifs is 1. The number of hydrogen-bond donors (Lipinski definition) is 2. The van der Waals surface area contributed by atoms with Crippen LogP contribution in [0.25, 0.3) is 11.1 Å². The monoisotopic (exact) mass is 372 g/mol. The van der Waals surface area contributed by atoms with E-state index in [1.54, 1.807) is 6.07 Å². The fourth-order valence-electron chi connectivity index (χ4n) is 3.64. The number of phenols is 1. The Morgan fingerprint density at radius 3 is 2.92 bits per heavy atom. The van der Waals surface area contributed by atoms with Gasteiger partial charge in [0.1, 0.15) is 6.61 Å². The van der Waals surface area contributed by atoms with Gasteiger partial charge in [-0.15, -0.1) is 0 Å². The molecule has 5 nitrogen and oxygen atoms in total. The Hall–Kier alpha value is -2.24. The minimum atomic E-state index is -0.110. The first-order chi connectivity index (χ1) is 12.6. The molecule has 26 heavy (non-hydrogen) atoms. The van der Waals surface area contributed by atoms with Gasteiger partial charge in [-0.25, -0.2) is 0 Å². The summed E-state index contributed by atoms with van der Waals surface area (Å²) in [5.74, 6) is 0.655. The van der Waals surface area contributed by atoms with E-state index in [1.165, 1.54) is 0 Å². The highest BCUT2D eigenvalue weighted by molar-refractivity contribution is 6.30. The minimum absolute atomic E-state index is 0.0887. The molecule has 0 unspecified atom stereocenters. The summed E-state index contributed by atoms with van der Waals surface area (Å²) in [7, 11) is 0. The molecule has 2 aliphatic rings. The number of nitrogens with zero attached hydrogens (tertiary/aromatic N) is 1. The van der Waals surface area contributed by atoms with Crippen LogP contribution in [0.2, 0.25) is 5.02 Å². The van der Waals surface area contributed by atoms with Crippen LogP contribution in [-0.2, 0) is 11.3 Å². The number of phenolic OH excluding ortho intramolecular Hbond substituents is 1. The third kappa shape index (κ3) is 3.37. The summed E-state index contributed by atoms with van der Waals surface area (Å²) in [6, 6.07) is 11.0. The van der Waals surface area contributed by atoms with Crippen molar-refractivity contribution in [3.8, 4) is 22.6 Å². The number of aromatic hydroxyl groups is 1. The van der Waals surface area contributed by atoms with E-state index < -0.39 is 0 Å². The molecule has 2 heterocycles. The van der Waals surface area contributed by atoms with E-state index in [4.69, 9.17) is 16.3 Å². The average Bonchev–Trinajstić information content (AvgIpc) is 3.08. The van der Waals surface area contributed by atoms with Gasteiger partial charge in [-0.2, -0.15) is 0 Å². The van der Waals surface area contributed by atoms with Crippen molar-refractivity contribution in [2.24, 2.45) is 0 Å². The summed E-state index contributed by atoms with van der Waals surface area (Å²) < 4.78 is 5.75. The summed E-state index contributed by atoms with van der Waals surface area (Å²) >= 11 is 6.09. The molecule has 1 amide bonds. The third-order valence-electron chi connectivity index (χ3n) is 4.94. The van der Waals surface area contributed by atoms with Crippen molar-refractivity contribution >= 4 is 17.5 Å². The van der Waals surface area contributed by atoms with Crippen molar-refractivity contribution in [2.75, 3.05) is 19.7 Å². The number of hydrogen-bond acceptors (Lipinski definition) is 4. The van der Waals surface area contributed by atoms with E-state index in [1.807, 2.05) is 35.2 Å². The Labute approximate surface area is 157 Å². The van der Waals surface area contributed by atoms with Crippen molar-refractivity contribution in [1.82, 2.24) is 10.2 Å². The molecule has 2 N–H and O–H groups in total. The summed E-state index contributed by atoms with van der Waals surface area (Å²) in [6.45, 7) is 2.19. The van der Waals surface area contributed by atoms with Gasteiger partial charge in [-0.3, -0.25) is 4.79 Å². The van der Waals surface area contributed by atoms with Crippen molar-refractivity contribution in [3.05, 3.63) is 47.0 Å². The van der Waals surface area contributed by atoms with E-state index in [9.17, 15) is 9.90 Å². The molecule has 2 aromatic carbocycles. The van der Waals surface area contributed by atoms with Gasteiger partial charge in [-0.05, 0) is 54.8 Å². The number of amides is 1. The maximum Gasteiger partial charge on any atom is 0.240 e. The second kappa shape index (κ2) is 7.17. The van der Waals surface area contributed by atoms with Crippen LogP contribution in [0.15, 0.2) is 36.4 Å². The number of carbonyl (C=O) groups is 1. The van der Waals surface area contributed by atoms with Crippen LogP contribution < -0.4 is 10.1 Å². The van der Waals surface area contributed by atoms with Gasteiger partial charge in [0.15, 0.2) is 11.5 Å². The molecular formula is C20H21ClN2O3. The molecule has 1 saturated heterocycles. The molecule has 0 aromatic heterocycles. The zero-order valence-corrected chi connectivity index (χ0v) is 15.1. The van der Waals surface area contributed by atoms with Crippen molar-refractivity contribution < 1.29 is 14.6 Å². The zero-order valence-electron chi connectivity index (χ0n) is 14.4. The highest BCUT2D eigenvalue weighted by Gasteiger charge is 2.29. The number of ether oxygens (including phenoxy) is 1. The van der Waals surface area contributed by atoms with Crippen LogP contribution in [0.1, 0.15) is 18.4 Å². The standard InChI is InChI=1S/C20H21ClN2O3/c21-16-4-1-3-13(10-16)14-9-15-12-23(20(25)17-5-2-6-22-17)7-8-26-19(15)18(24)11-14/h1,3-4,9-11,17,22,24H,2,5-8,12H2/t17-/m1/s1. The second-order valence-corrected chi connectivity index (χ2v) is 7.19. The Kier molecular flexibility index (Phi) is 4.74. The zero-order chi connectivity index (χ0) is 18.1. The molecule has 0 spiro atoms. The van der Waals surface area contributed by atoms with E-state index in [2.05, 4.69) is 5.32 Å². The first-order valence-electron chi connectivity index (χ1n) is 8.88. The normalized spacial score (nSPS) is 19.6. The quantitative estimate of drug-likeness (QED) is 0.850. The van der Waals surface area contributed by atoms with Gasteiger partial charge in [0, 0.05) is 17.1 Å². The van der Waals surface area contributed by atoms with Gasteiger partial charge in [0.05, 0.1) is 12.6 Å². The lowest BCUT2D eigenvalue weighted by molar-refractivity contribution is -0.133. The van der Waals surface area contributed by atoms with E-state index in [0.29, 0.717) is 30.5 Å². The highest BCUT2D eigenvalue weighted by atomic mass is 35.5. The summed E-state index contributed by atoms with van der Waals surface area (Å²) in [4.78, 5) is 14.6. The topological polar surface area (TPSA) is 61.8 Å². The fourth-order valence-corrected chi connectivity index (χ4v) is 3.83. The predicted molar refractivity (Wildman–Crippen MR) is 100 cm³/mol. The van der Waals surface area contributed by atoms with Crippen LogP contribution in [0.3, 0.4) is 0 Å². The van der Waals surface area contributed by atoms with Crippen LogP contribution in [0.4, 0.5) is 0 Å². The van der Waals surface area contributed by atoms with Crippen LogP contribution >= 0.6 is 11.6 Å².